The Morgan fingerprint density at radius 3 is 2.69 bits per heavy atom. The lowest BCUT2D eigenvalue weighted by Crippen LogP contribution is -2.25. The van der Waals surface area contributed by atoms with Gasteiger partial charge in [-0.25, -0.2) is 0 Å². The summed E-state index contributed by atoms with van der Waals surface area (Å²) in [5.41, 5.74) is 1.08. The molecule has 0 aliphatic heterocycles. The summed E-state index contributed by atoms with van der Waals surface area (Å²) in [6.07, 6.45) is 7.27. The van der Waals surface area contributed by atoms with Crippen molar-refractivity contribution in [3.8, 4) is 0 Å². The zero-order chi connectivity index (χ0) is 11.5. The molecule has 0 radical (unpaired) electrons. The molecule has 1 aliphatic carbocycles. The number of nitrogens with zero attached hydrogens (tertiary/aromatic N) is 1. The molecule has 1 fully saturated rings. The van der Waals surface area contributed by atoms with E-state index in [2.05, 4.69) is 12.2 Å². The van der Waals surface area contributed by atoms with Crippen molar-refractivity contribution in [2.75, 3.05) is 5.32 Å². The Morgan fingerprint density at radius 1 is 1.38 bits per heavy atom. The fourth-order valence-electron chi connectivity index (χ4n) is 2.52. The van der Waals surface area contributed by atoms with Crippen molar-refractivity contribution in [1.29, 1.82) is 0 Å². The van der Waals surface area contributed by atoms with Crippen molar-refractivity contribution in [2.24, 2.45) is 13.0 Å². The summed E-state index contributed by atoms with van der Waals surface area (Å²) in [7, 11) is 1.79. The first-order valence-electron chi connectivity index (χ1n) is 6.10. The second kappa shape index (κ2) is 4.73. The van der Waals surface area contributed by atoms with Gasteiger partial charge in [-0.05, 0) is 31.7 Å². The largest absolute Gasteiger partial charge is 0.381 e. The second-order valence-corrected chi connectivity index (χ2v) is 4.84. The van der Waals surface area contributed by atoms with Crippen molar-refractivity contribution < 1.29 is 0 Å². The van der Waals surface area contributed by atoms with Gasteiger partial charge in [0.15, 0.2) is 0 Å². The number of rotatable bonds is 3. The predicted octanol–water partition coefficient (Wildman–Crippen LogP) is 2.38. The van der Waals surface area contributed by atoms with Crippen LogP contribution in [0.15, 0.2) is 23.1 Å². The highest BCUT2D eigenvalue weighted by atomic mass is 16.1. The zero-order valence-corrected chi connectivity index (χ0v) is 10.1. The molecule has 0 saturated heterocycles. The third-order valence-electron chi connectivity index (χ3n) is 3.59. The van der Waals surface area contributed by atoms with Crippen LogP contribution in [-0.4, -0.2) is 10.6 Å². The maximum Gasteiger partial charge on any atom is 0.250 e. The number of nitrogens with one attached hydrogen (secondary N) is 1. The molecule has 1 aromatic heterocycles. The van der Waals surface area contributed by atoms with Gasteiger partial charge in [-0.2, -0.15) is 0 Å². The van der Waals surface area contributed by atoms with E-state index in [4.69, 9.17) is 0 Å². The average Bonchev–Trinajstić information content (AvgIpc) is 2.77. The van der Waals surface area contributed by atoms with E-state index < -0.39 is 0 Å². The van der Waals surface area contributed by atoms with E-state index in [9.17, 15) is 4.79 Å². The Hall–Kier alpha value is -1.25. The second-order valence-electron chi connectivity index (χ2n) is 4.84. The summed E-state index contributed by atoms with van der Waals surface area (Å²) >= 11 is 0. The lowest BCUT2D eigenvalue weighted by molar-refractivity contribution is 0.482. The molecule has 0 amide bonds. The molecule has 1 saturated carbocycles. The van der Waals surface area contributed by atoms with Crippen LogP contribution in [0.5, 0.6) is 0 Å². The van der Waals surface area contributed by atoms with E-state index in [1.165, 1.54) is 25.7 Å². The van der Waals surface area contributed by atoms with Crippen molar-refractivity contribution >= 4 is 5.69 Å². The van der Waals surface area contributed by atoms with Crippen LogP contribution in [0.25, 0.3) is 0 Å². The van der Waals surface area contributed by atoms with Gasteiger partial charge < -0.3 is 9.88 Å². The smallest absolute Gasteiger partial charge is 0.250 e. The van der Waals surface area contributed by atoms with Crippen LogP contribution in [-0.2, 0) is 7.05 Å². The molecule has 1 aliphatic rings. The quantitative estimate of drug-likeness (QED) is 0.848. The highest BCUT2D eigenvalue weighted by Gasteiger charge is 2.21. The summed E-state index contributed by atoms with van der Waals surface area (Å²) in [6.45, 7) is 2.24. The maximum atomic E-state index is 11.2. The minimum Gasteiger partial charge on any atom is -0.381 e. The number of anilines is 1. The standard InChI is InChI=1S/C13H20N2O/c1-10(11-5-3-4-6-11)14-12-7-8-13(16)15(2)9-12/h7-11,14H,3-6H2,1-2H3. The predicted molar refractivity (Wildman–Crippen MR) is 66.7 cm³/mol. The Labute approximate surface area is 96.5 Å². The molecule has 1 atom stereocenters. The fraction of sp³-hybridized carbons (Fsp3) is 0.615. The fourth-order valence-corrected chi connectivity index (χ4v) is 2.52. The van der Waals surface area contributed by atoms with Crippen LogP contribution in [0, 0.1) is 5.92 Å². The van der Waals surface area contributed by atoms with Crippen LogP contribution in [0.1, 0.15) is 32.6 Å². The van der Waals surface area contributed by atoms with Crippen LogP contribution in [0.3, 0.4) is 0 Å². The molecular formula is C13H20N2O. The number of pyridine rings is 1. The normalized spacial score (nSPS) is 18.6. The van der Waals surface area contributed by atoms with Gasteiger partial charge in [0, 0.05) is 25.4 Å². The van der Waals surface area contributed by atoms with Gasteiger partial charge in [0.1, 0.15) is 0 Å². The van der Waals surface area contributed by atoms with E-state index in [0.717, 1.165) is 11.6 Å². The lowest BCUT2D eigenvalue weighted by atomic mass is 10.00. The van der Waals surface area contributed by atoms with Crippen molar-refractivity contribution in [1.82, 2.24) is 4.57 Å². The summed E-state index contributed by atoms with van der Waals surface area (Å²) in [4.78, 5) is 11.2. The summed E-state index contributed by atoms with van der Waals surface area (Å²) < 4.78 is 1.61. The molecule has 1 N–H and O–H groups in total. The lowest BCUT2D eigenvalue weighted by Gasteiger charge is -2.21. The monoisotopic (exact) mass is 220 g/mol. The molecule has 3 heteroatoms. The highest BCUT2D eigenvalue weighted by molar-refractivity contribution is 5.41. The van der Waals surface area contributed by atoms with Gasteiger partial charge in [0.2, 0.25) is 5.56 Å². The van der Waals surface area contributed by atoms with E-state index >= 15 is 0 Å². The van der Waals surface area contributed by atoms with Gasteiger partial charge >= 0.3 is 0 Å². The molecule has 16 heavy (non-hydrogen) atoms. The van der Waals surface area contributed by atoms with E-state index in [1.807, 2.05) is 12.3 Å². The molecule has 88 valence electrons. The van der Waals surface area contributed by atoms with Gasteiger partial charge in [-0.1, -0.05) is 12.8 Å². The number of aryl methyl sites for hydroxylation is 1. The first-order chi connectivity index (χ1) is 7.66. The van der Waals surface area contributed by atoms with E-state index in [0.29, 0.717) is 6.04 Å². The molecule has 1 heterocycles. The van der Waals surface area contributed by atoms with E-state index in [-0.39, 0.29) is 5.56 Å². The van der Waals surface area contributed by atoms with Crippen molar-refractivity contribution in [3.05, 3.63) is 28.7 Å². The Kier molecular flexibility index (Phi) is 3.32. The number of aromatic nitrogens is 1. The Balaban J connectivity index is 2.02. The molecule has 1 aromatic rings. The Bertz CT molecular complexity index is 405. The van der Waals surface area contributed by atoms with Crippen LogP contribution < -0.4 is 10.9 Å². The SMILES string of the molecule is CC(Nc1ccc(=O)n(C)c1)C1CCCC1. The minimum atomic E-state index is 0.0408. The number of hydrogen-bond acceptors (Lipinski definition) is 2. The Morgan fingerprint density at radius 2 is 2.06 bits per heavy atom. The molecule has 0 aromatic carbocycles. The molecule has 0 bridgehead atoms. The van der Waals surface area contributed by atoms with Crippen LogP contribution in [0.4, 0.5) is 5.69 Å². The molecule has 1 unspecified atom stereocenters. The molecule has 3 nitrogen and oxygen atoms in total. The van der Waals surface area contributed by atoms with Crippen molar-refractivity contribution in [3.63, 3.8) is 0 Å². The third kappa shape index (κ3) is 2.46. The highest BCUT2D eigenvalue weighted by Crippen LogP contribution is 2.28. The van der Waals surface area contributed by atoms with Gasteiger partial charge in [0.25, 0.3) is 0 Å². The van der Waals surface area contributed by atoms with Crippen LogP contribution in [0.2, 0.25) is 0 Å². The summed E-state index contributed by atoms with van der Waals surface area (Å²) in [5, 5.41) is 3.49. The summed E-state index contributed by atoms with van der Waals surface area (Å²) in [5.74, 6) is 0.789. The van der Waals surface area contributed by atoms with Crippen molar-refractivity contribution in [2.45, 2.75) is 38.6 Å². The zero-order valence-electron chi connectivity index (χ0n) is 10.1. The van der Waals surface area contributed by atoms with Gasteiger partial charge in [-0.3, -0.25) is 4.79 Å². The minimum absolute atomic E-state index is 0.0408. The topological polar surface area (TPSA) is 34.0 Å². The third-order valence-corrected chi connectivity index (χ3v) is 3.59. The average molecular weight is 220 g/mol. The van der Waals surface area contributed by atoms with E-state index in [1.54, 1.807) is 17.7 Å². The van der Waals surface area contributed by atoms with Crippen LogP contribution >= 0.6 is 0 Å². The summed E-state index contributed by atoms with van der Waals surface area (Å²) in [6, 6.07) is 3.98. The maximum absolute atomic E-state index is 11.2. The molecule has 0 spiro atoms. The first kappa shape index (κ1) is 11.2. The first-order valence-corrected chi connectivity index (χ1v) is 6.10. The molecular weight excluding hydrogens is 200 g/mol. The molecule has 2 rings (SSSR count). The number of hydrogen-bond donors (Lipinski definition) is 1. The van der Waals surface area contributed by atoms with Gasteiger partial charge in [0.05, 0.1) is 5.69 Å². The van der Waals surface area contributed by atoms with Gasteiger partial charge in [-0.15, -0.1) is 0 Å².